The van der Waals surface area contributed by atoms with Crippen molar-refractivity contribution >= 4 is 16.7 Å². The van der Waals surface area contributed by atoms with Crippen molar-refractivity contribution in [2.75, 3.05) is 24.6 Å². The molecular weight excluding hydrogens is 258 g/mol. The van der Waals surface area contributed by atoms with Crippen molar-refractivity contribution in [1.82, 2.24) is 9.36 Å². The molecule has 1 aromatic rings. The second kappa shape index (κ2) is 6.76. The van der Waals surface area contributed by atoms with E-state index in [9.17, 15) is 0 Å². The van der Waals surface area contributed by atoms with E-state index in [-0.39, 0.29) is 0 Å². The molecule has 0 N–H and O–H groups in total. The zero-order valence-corrected chi connectivity index (χ0v) is 12.7. The van der Waals surface area contributed by atoms with Crippen LogP contribution >= 0.6 is 11.5 Å². The Kier molecular flexibility index (Phi) is 5.03. The van der Waals surface area contributed by atoms with E-state index in [0.29, 0.717) is 18.5 Å². The van der Waals surface area contributed by atoms with Crippen LogP contribution in [0.15, 0.2) is 0 Å². The number of piperidine rings is 1. The normalized spacial score (nSPS) is 16.3. The molecule has 104 valence electrons. The topological polar surface area (TPSA) is 38.2 Å². The van der Waals surface area contributed by atoms with Crippen molar-refractivity contribution in [3.63, 3.8) is 0 Å². The molecule has 2 rings (SSSR count). The van der Waals surface area contributed by atoms with Crippen LogP contribution in [0.3, 0.4) is 0 Å². The van der Waals surface area contributed by atoms with E-state index in [1.165, 1.54) is 24.4 Å². The fourth-order valence-corrected chi connectivity index (χ4v) is 2.61. The van der Waals surface area contributed by atoms with Gasteiger partial charge in [-0.15, -0.1) is 4.37 Å². The zero-order chi connectivity index (χ0) is 13.7. The van der Waals surface area contributed by atoms with E-state index in [0.717, 1.165) is 24.1 Å². The van der Waals surface area contributed by atoms with Gasteiger partial charge < -0.3 is 9.64 Å². The zero-order valence-electron chi connectivity index (χ0n) is 11.8. The number of aromatic nitrogens is 2. The summed E-state index contributed by atoms with van der Waals surface area (Å²) >= 11 is 1.41. The van der Waals surface area contributed by atoms with Crippen molar-refractivity contribution in [3.05, 3.63) is 0 Å². The van der Waals surface area contributed by atoms with E-state index in [4.69, 9.17) is 4.74 Å². The molecule has 1 aliphatic rings. The van der Waals surface area contributed by atoms with Crippen molar-refractivity contribution in [2.24, 2.45) is 11.8 Å². The molecule has 0 unspecified atom stereocenters. The smallest absolute Gasteiger partial charge is 0.331 e. The number of rotatable bonds is 3. The molecule has 0 saturated carbocycles. The van der Waals surface area contributed by atoms with Gasteiger partial charge in [-0.3, -0.25) is 0 Å². The molecule has 1 fully saturated rings. The van der Waals surface area contributed by atoms with Gasteiger partial charge in [0.05, 0.1) is 0 Å². The highest BCUT2D eigenvalue weighted by Gasteiger charge is 2.19. The molecule has 1 saturated heterocycles. The van der Waals surface area contributed by atoms with Crippen LogP contribution in [-0.2, 0) is 0 Å². The predicted octanol–water partition coefficient (Wildman–Crippen LogP) is 2.81. The van der Waals surface area contributed by atoms with Crippen LogP contribution in [0.25, 0.3) is 0 Å². The molecule has 0 spiro atoms. The molecular formula is C14H21N3OS. The predicted molar refractivity (Wildman–Crippen MR) is 78.6 cm³/mol. The standard InChI is InChI=1S/C14H21N3OS/c1-11(2)5-4-10-18-13-15-14(19-16-13)17-8-6-12(3)7-9-17/h11-12H,6-10H2,1-3H3. The van der Waals surface area contributed by atoms with Crippen LogP contribution in [0.4, 0.5) is 5.13 Å². The van der Waals surface area contributed by atoms with Crippen LogP contribution in [0.1, 0.15) is 33.6 Å². The van der Waals surface area contributed by atoms with Crippen molar-refractivity contribution < 1.29 is 4.74 Å². The molecule has 0 aromatic carbocycles. The third-order valence-corrected chi connectivity index (χ3v) is 3.88. The lowest BCUT2D eigenvalue weighted by atomic mass is 10.00. The first-order valence-electron chi connectivity index (χ1n) is 6.85. The Labute approximate surface area is 119 Å². The summed E-state index contributed by atoms with van der Waals surface area (Å²) in [5.41, 5.74) is 0. The maximum Gasteiger partial charge on any atom is 0.331 e. The largest absolute Gasteiger partial charge is 0.450 e. The first-order valence-corrected chi connectivity index (χ1v) is 7.62. The summed E-state index contributed by atoms with van der Waals surface area (Å²) < 4.78 is 9.66. The molecule has 0 atom stereocenters. The summed E-state index contributed by atoms with van der Waals surface area (Å²) in [5.74, 6) is 7.22. The van der Waals surface area contributed by atoms with Crippen LogP contribution < -0.4 is 9.64 Å². The van der Waals surface area contributed by atoms with Gasteiger partial charge >= 0.3 is 6.01 Å². The van der Waals surface area contributed by atoms with Crippen molar-refractivity contribution in [3.8, 4) is 17.9 Å². The van der Waals surface area contributed by atoms with E-state index >= 15 is 0 Å². The fourth-order valence-electron chi connectivity index (χ4n) is 1.94. The minimum Gasteiger partial charge on any atom is -0.450 e. The van der Waals surface area contributed by atoms with Gasteiger partial charge in [0.1, 0.15) is 0 Å². The Hall–Kier alpha value is -1.28. The van der Waals surface area contributed by atoms with Crippen molar-refractivity contribution in [1.29, 1.82) is 0 Å². The van der Waals surface area contributed by atoms with Crippen LogP contribution in [0.2, 0.25) is 0 Å². The van der Waals surface area contributed by atoms with Gasteiger partial charge in [-0.25, -0.2) is 0 Å². The van der Waals surface area contributed by atoms with E-state index in [1.807, 2.05) is 0 Å². The minimum absolute atomic E-state index is 0.366. The third kappa shape index (κ3) is 4.39. The first kappa shape index (κ1) is 14.1. The van der Waals surface area contributed by atoms with Gasteiger partial charge in [-0.05, 0) is 18.8 Å². The van der Waals surface area contributed by atoms with Crippen LogP contribution in [-0.4, -0.2) is 29.1 Å². The number of hydrogen-bond donors (Lipinski definition) is 0. The first-order chi connectivity index (χ1) is 9.15. The molecule has 4 nitrogen and oxygen atoms in total. The van der Waals surface area contributed by atoms with Crippen LogP contribution in [0, 0.1) is 23.7 Å². The Balaban J connectivity index is 1.84. The number of ether oxygens (including phenoxy) is 1. The second-order valence-corrected chi connectivity index (χ2v) is 6.02. The Morgan fingerprint density at radius 1 is 1.42 bits per heavy atom. The lowest BCUT2D eigenvalue weighted by Gasteiger charge is -2.29. The van der Waals surface area contributed by atoms with Gasteiger partial charge in [-0.1, -0.05) is 32.6 Å². The minimum atomic E-state index is 0.366. The highest BCUT2D eigenvalue weighted by Crippen LogP contribution is 2.26. The molecule has 0 radical (unpaired) electrons. The summed E-state index contributed by atoms with van der Waals surface area (Å²) in [6.07, 6.45) is 2.46. The fraction of sp³-hybridized carbons (Fsp3) is 0.714. The summed E-state index contributed by atoms with van der Waals surface area (Å²) in [4.78, 5) is 6.71. The average molecular weight is 279 g/mol. The number of nitrogens with zero attached hydrogens (tertiary/aromatic N) is 3. The van der Waals surface area contributed by atoms with Gasteiger partial charge in [0, 0.05) is 30.5 Å². The molecule has 5 heteroatoms. The molecule has 2 heterocycles. The highest BCUT2D eigenvalue weighted by atomic mass is 32.1. The summed E-state index contributed by atoms with van der Waals surface area (Å²) in [5, 5.41) is 0.971. The Morgan fingerprint density at radius 2 is 2.16 bits per heavy atom. The van der Waals surface area contributed by atoms with Gasteiger partial charge in [0.15, 0.2) is 6.61 Å². The monoisotopic (exact) mass is 279 g/mol. The van der Waals surface area contributed by atoms with Gasteiger partial charge in [0.25, 0.3) is 0 Å². The van der Waals surface area contributed by atoms with Gasteiger partial charge in [0.2, 0.25) is 5.13 Å². The molecule has 0 aliphatic carbocycles. The quantitative estimate of drug-likeness (QED) is 0.798. The maximum absolute atomic E-state index is 5.44. The third-order valence-electron chi connectivity index (χ3n) is 3.11. The lowest BCUT2D eigenvalue weighted by Crippen LogP contribution is -2.32. The Bertz CT molecular complexity index is 453. The molecule has 1 aliphatic heterocycles. The van der Waals surface area contributed by atoms with E-state index in [1.54, 1.807) is 0 Å². The molecule has 19 heavy (non-hydrogen) atoms. The number of hydrogen-bond acceptors (Lipinski definition) is 5. The SMILES string of the molecule is CC(C)C#CCOc1nsc(N2CCC(C)CC2)n1. The summed E-state index contributed by atoms with van der Waals surface area (Å²) in [6.45, 7) is 8.93. The number of anilines is 1. The molecule has 0 bridgehead atoms. The lowest BCUT2D eigenvalue weighted by molar-refractivity contribution is 0.344. The average Bonchev–Trinajstić information content (AvgIpc) is 2.84. The summed E-state index contributed by atoms with van der Waals surface area (Å²) in [7, 11) is 0. The highest BCUT2D eigenvalue weighted by molar-refractivity contribution is 7.09. The Morgan fingerprint density at radius 3 is 2.84 bits per heavy atom. The molecule has 0 amide bonds. The maximum atomic E-state index is 5.44. The second-order valence-electron chi connectivity index (χ2n) is 5.29. The molecule has 1 aromatic heterocycles. The van der Waals surface area contributed by atoms with Crippen molar-refractivity contribution in [2.45, 2.75) is 33.6 Å². The van der Waals surface area contributed by atoms with Crippen LogP contribution in [0.5, 0.6) is 6.01 Å². The van der Waals surface area contributed by atoms with Gasteiger partial charge in [-0.2, -0.15) is 4.98 Å². The van der Waals surface area contributed by atoms with E-state index in [2.05, 4.69) is 46.9 Å². The van der Waals surface area contributed by atoms with E-state index < -0.39 is 0 Å². The summed E-state index contributed by atoms with van der Waals surface area (Å²) in [6, 6.07) is 0.455.